The fourth-order valence-corrected chi connectivity index (χ4v) is 6.90. The summed E-state index contributed by atoms with van der Waals surface area (Å²) < 4.78 is 82.4. The van der Waals surface area contributed by atoms with Gasteiger partial charge in [-0.15, -0.1) is 0 Å². The van der Waals surface area contributed by atoms with E-state index in [1.807, 2.05) is 0 Å². The molecular weight excluding hydrogens is 458 g/mol. The van der Waals surface area contributed by atoms with Crippen molar-refractivity contribution in [3.8, 4) is 5.75 Å². The molecule has 0 N–H and O–H groups in total. The third kappa shape index (κ3) is 6.61. The van der Waals surface area contributed by atoms with E-state index in [0.29, 0.717) is 5.56 Å². The van der Waals surface area contributed by atoms with E-state index in [1.165, 1.54) is 36.4 Å². The number of benzene rings is 3. The van der Waals surface area contributed by atoms with E-state index in [4.69, 9.17) is 0 Å². The summed E-state index contributed by atoms with van der Waals surface area (Å²) in [6.07, 6.45) is 0. The van der Waals surface area contributed by atoms with Gasteiger partial charge < -0.3 is 4.74 Å². The number of halogens is 2. The maximum absolute atomic E-state index is 13.0. The minimum absolute atomic E-state index is 0.0257. The summed E-state index contributed by atoms with van der Waals surface area (Å²) in [5, 5.41) is 0. The largest absolute Gasteiger partial charge is 0.435 e. The Hall–Kier alpha value is -2.78. The van der Waals surface area contributed by atoms with Crippen LogP contribution in [0, 0.1) is 0 Å². The van der Waals surface area contributed by atoms with E-state index in [2.05, 4.69) is 4.74 Å². The van der Waals surface area contributed by atoms with E-state index in [9.17, 15) is 25.6 Å². The van der Waals surface area contributed by atoms with Gasteiger partial charge in [0.1, 0.15) is 5.75 Å². The Labute approximate surface area is 186 Å². The summed E-state index contributed by atoms with van der Waals surface area (Å²) in [6.45, 7) is -3.14. The topological polar surface area (TPSA) is 77.5 Å². The lowest BCUT2D eigenvalue weighted by Crippen LogP contribution is -2.24. The molecule has 0 aliphatic heterocycles. The van der Waals surface area contributed by atoms with Gasteiger partial charge in [0.05, 0.1) is 22.2 Å². The van der Waals surface area contributed by atoms with Gasteiger partial charge in [-0.3, -0.25) is 0 Å². The van der Waals surface area contributed by atoms with Crippen LogP contribution in [0.3, 0.4) is 0 Å². The third-order valence-corrected chi connectivity index (χ3v) is 8.30. The summed E-state index contributed by atoms with van der Waals surface area (Å²) in [4.78, 5) is 0.0257. The van der Waals surface area contributed by atoms with Crippen LogP contribution in [0.25, 0.3) is 0 Å². The van der Waals surface area contributed by atoms with Crippen molar-refractivity contribution >= 4 is 19.7 Å². The summed E-state index contributed by atoms with van der Waals surface area (Å²) in [5.41, 5.74) is 0.651. The average molecular weight is 481 g/mol. The minimum Gasteiger partial charge on any atom is -0.435 e. The Kier molecular flexibility index (Phi) is 7.63. The van der Waals surface area contributed by atoms with Crippen LogP contribution in [-0.2, 0) is 25.4 Å². The SMILES string of the molecule is O=S(=O)(Cc1ccccc1)CC(CS(=O)(=O)c1ccccc1)c1ccccc1OC(F)F. The average Bonchev–Trinajstić information content (AvgIpc) is 2.74. The van der Waals surface area contributed by atoms with Crippen molar-refractivity contribution in [1.82, 2.24) is 0 Å². The zero-order valence-electron chi connectivity index (χ0n) is 17.0. The van der Waals surface area contributed by atoms with Crippen molar-refractivity contribution in [2.75, 3.05) is 11.5 Å². The Morgan fingerprint density at radius 3 is 1.91 bits per heavy atom. The molecule has 0 aromatic heterocycles. The number of alkyl halides is 2. The van der Waals surface area contributed by atoms with Crippen molar-refractivity contribution in [3.05, 3.63) is 96.1 Å². The zero-order chi connectivity index (χ0) is 23.2. The minimum atomic E-state index is -3.91. The Bertz CT molecular complexity index is 1230. The number of para-hydroxylation sites is 1. The van der Waals surface area contributed by atoms with Crippen LogP contribution in [0.4, 0.5) is 8.78 Å². The molecule has 0 fully saturated rings. The van der Waals surface area contributed by atoms with Gasteiger partial charge in [0.15, 0.2) is 19.7 Å². The number of sulfone groups is 2. The predicted molar refractivity (Wildman–Crippen MR) is 118 cm³/mol. The fraction of sp³-hybridized carbons (Fsp3) is 0.217. The second-order valence-electron chi connectivity index (χ2n) is 7.25. The van der Waals surface area contributed by atoms with E-state index >= 15 is 0 Å². The van der Waals surface area contributed by atoms with E-state index < -0.39 is 43.7 Å². The first-order valence-corrected chi connectivity index (χ1v) is 13.2. The van der Waals surface area contributed by atoms with Crippen LogP contribution in [0.1, 0.15) is 17.0 Å². The maximum Gasteiger partial charge on any atom is 0.387 e. The van der Waals surface area contributed by atoms with Crippen molar-refractivity contribution in [2.45, 2.75) is 23.2 Å². The monoisotopic (exact) mass is 480 g/mol. The Morgan fingerprint density at radius 1 is 0.719 bits per heavy atom. The van der Waals surface area contributed by atoms with Crippen LogP contribution in [0.15, 0.2) is 89.8 Å². The van der Waals surface area contributed by atoms with Gasteiger partial charge in [-0.05, 0) is 29.3 Å². The predicted octanol–water partition coefficient (Wildman–Crippen LogP) is 4.46. The van der Waals surface area contributed by atoms with Crippen molar-refractivity contribution in [2.24, 2.45) is 0 Å². The molecule has 3 rings (SSSR count). The van der Waals surface area contributed by atoms with E-state index in [1.54, 1.807) is 48.5 Å². The molecule has 0 saturated carbocycles. The quantitative estimate of drug-likeness (QED) is 0.428. The number of hydrogen-bond donors (Lipinski definition) is 0. The summed E-state index contributed by atoms with van der Waals surface area (Å²) >= 11 is 0. The van der Waals surface area contributed by atoms with Gasteiger partial charge in [-0.25, -0.2) is 16.8 Å². The Balaban J connectivity index is 1.98. The summed E-state index contributed by atoms with van der Waals surface area (Å²) in [7, 11) is -7.69. The molecule has 3 aromatic rings. The number of rotatable bonds is 10. The van der Waals surface area contributed by atoms with E-state index in [0.717, 1.165) is 0 Å². The molecule has 1 atom stereocenters. The molecule has 170 valence electrons. The highest BCUT2D eigenvalue weighted by molar-refractivity contribution is 7.92. The molecule has 1 unspecified atom stereocenters. The molecule has 0 spiro atoms. The highest BCUT2D eigenvalue weighted by Crippen LogP contribution is 2.32. The first kappa shape index (κ1) is 23.9. The van der Waals surface area contributed by atoms with E-state index in [-0.39, 0.29) is 22.0 Å². The second kappa shape index (κ2) is 10.2. The van der Waals surface area contributed by atoms with Crippen LogP contribution in [-0.4, -0.2) is 35.0 Å². The Morgan fingerprint density at radius 2 is 1.28 bits per heavy atom. The molecule has 0 saturated heterocycles. The maximum atomic E-state index is 13.0. The highest BCUT2D eigenvalue weighted by Gasteiger charge is 2.30. The summed E-state index contributed by atoms with van der Waals surface area (Å²) in [5.74, 6) is -2.77. The van der Waals surface area contributed by atoms with Gasteiger partial charge in [0, 0.05) is 5.92 Å². The molecular formula is C23H22F2O5S2. The van der Waals surface area contributed by atoms with Crippen molar-refractivity contribution in [1.29, 1.82) is 0 Å². The van der Waals surface area contributed by atoms with Crippen LogP contribution >= 0.6 is 0 Å². The molecule has 3 aromatic carbocycles. The second-order valence-corrected chi connectivity index (χ2v) is 11.4. The molecule has 0 aliphatic carbocycles. The smallest absolute Gasteiger partial charge is 0.387 e. The lowest BCUT2D eigenvalue weighted by molar-refractivity contribution is -0.0505. The summed E-state index contributed by atoms with van der Waals surface area (Å²) in [6, 6.07) is 21.7. The van der Waals surface area contributed by atoms with Crippen LogP contribution < -0.4 is 4.74 Å². The molecule has 0 heterocycles. The van der Waals surface area contributed by atoms with Crippen LogP contribution in [0.5, 0.6) is 5.75 Å². The highest BCUT2D eigenvalue weighted by atomic mass is 32.2. The molecule has 32 heavy (non-hydrogen) atoms. The van der Waals surface area contributed by atoms with Gasteiger partial charge in [0.2, 0.25) is 0 Å². The normalized spacial score (nSPS) is 13.1. The molecule has 9 heteroatoms. The molecule has 0 aliphatic rings. The molecule has 0 bridgehead atoms. The van der Waals surface area contributed by atoms with Gasteiger partial charge in [0.25, 0.3) is 0 Å². The van der Waals surface area contributed by atoms with Gasteiger partial charge >= 0.3 is 6.61 Å². The standard InChI is InChI=1S/C23H22F2O5S2/c24-23(25)30-22-14-8-7-13-21(22)19(17-32(28,29)20-11-5-2-6-12-20)16-31(26,27)15-18-9-3-1-4-10-18/h1-14,19,23H,15-17H2. The van der Waals surface area contributed by atoms with Crippen LogP contribution in [0.2, 0.25) is 0 Å². The van der Waals surface area contributed by atoms with Crippen molar-refractivity contribution in [3.63, 3.8) is 0 Å². The first-order chi connectivity index (χ1) is 15.2. The fourth-order valence-electron chi connectivity index (χ4n) is 3.43. The lowest BCUT2D eigenvalue weighted by Gasteiger charge is -2.21. The first-order valence-electron chi connectivity index (χ1n) is 9.72. The third-order valence-electron chi connectivity index (χ3n) is 4.78. The zero-order valence-corrected chi connectivity index (χ0v) is 18.6. The molecule has 5 nitrogen and oxygen atoms in total. The van der Waals surface area contributed by atoms with Gasteiger partial charge in [-0.2, -0.15) is 8.78 Å². The van der Waals surface area contributed by atoms with Gasteiger partial charge in [-0.1, -0.05) is 66.7 Å². The van der Waals surface area contributed by atoms with Crippen molar-refractivity contribution < 1.29 is 30.4 Å². The lowest BCUT2D eigenvalue weighted by atomic mass is 10.0. The number of ether oxygens (including phenoxy) is 1. The number of hydrogen-bond acceptors (Lipinski definition) is 5. The molecule has 0 amide bonds. The molecule has 0 radical (unpaired) electrons.